The van der Waals surface area contributed by atoms with E-state index in [2.05, 4.69) is 33.9 Å². The number of benzene rings is 1. The van der Waals surface area contributed by atoms with E-state index >= 15 is 0 Å². The van der Waals surface area contributed by atoms with E-state index in [1.54, 1.807) is 0 Å². The van der Waals surface area contributed by atoms with Crippen molar-refractivity contribution in [2.75, 3.05) is 32.8 Å². The Morgan fingerprint density at radius 1 is 1.05 bits per heavy atom. The fourth-order valence-electron chi connectivity index (χ4n) is 3.05. The van der Waals surface area contributed by atoms with Crippen molar-refractivity contribution in [3.05, 3.63) is 24.3 Å². The van der Waals surface area contributed by atoms with Gasteiger partial charge >= 0.3 is 0 Å². The Morgan fingerprint density at radius 2 is 1.76 bits per heavy atom. The van der Waals surface area contributed by atoms with E-state index in [0.29, 0.717) is 0 Å². The van der Waals surface area contributed by atoms with Crippen molar-refractivity contribution in [1.82, 2.24) is 9.62 Å². The maximum absolute atomic E-state index is 5.96. The molecule has 3 nitrogen and oxygen atoms in total. The fourth-order valence-corrected chi connectivity index (χ4v) is 3.97. The SMILES string of the molecule is c1cc(SN2CCNCC2)ccc1OCC1CCCCC1. The summed E-state index contributed by atoms with van der Waals surface area (Å²) in [6.45, 7) is 5.31. The minimum absolute atomic E-state index is 0.772. The Bertz CT molecular complexity index is 411. The van der Waals surface area contributed by atoms with Gasteiger partial charge in [-0.2, -0.15) is 0 Å². The summed E-state index contributed by atoms with van der Waals surface area (Å²) in [6, 6.07) is 8.60. The van der Waals surface area contributed by atoms with Gasteiger partial charge in [0.05, 0.1) is 6.61 Å². The van der Waals surface area contributed by atoms with Gasteiger partial charge in [0, 0.05) is 31.1 Å². The molecule has 1 aliphatic heterocycles. The molecule has 0 amide bonds. The lowest BCUT2D eigenvalue weighted by Gasteiger charge is -2.26. The summed E-state index contributed by atoms with van der Waals surface area (Å²) in [5, 5.41) is 3.38. The van der Waals surface area contributed by atoms with Crippen LogP contribution in [0.4, 0.5) is 0 Å². The minimum Gasteiger partial charge on any atom is -0.493 e. The molecule has 1 saturated carbocycles. The molecule has 4 heteroatoms. The molecule has 1 aromatic rings. The van der Waals surface area contributed by atoms with Crippen molar-refractivity contribution in [3.8, 4) is 5.75 Å². The second-order valence-electron chi connectivity index (χ2n) is 6.06. The lowest BCUT2D eigenvalue weighted by molar-refractivity contribution is 0.209. The summed E-state index contributed by atoms with van der Waals surface area (Å²) in [4.78, 5) is 1.31. The van der Waals surface area contributed by atoms with Crippen LogP contribution in [0.15, 0.2) is 29.2 Å². The van der Waals surface area contributed by atoms with Gasteiger partial charge in [-0.1, -0.05) is 19.3 Å². The van der Waals surface area contributed by atoms with Gasteiger partial charge in [-0.15, -0.1) is 0 Å². The van der Waals surface area contributed by atoms with Crippen LogP contribution in [0.2, 0.25) is 0 Å². The van der Waals surface area contributed by atoms with Crippen LogP contribution in [0.5, 0.6) is 5.75 Å². The van der Waals surface area contributed by atoms with Crippen molar-refractivity contribution in [2.45, 2.75) is 37.0 Å². The third-order valence-electron chi connectivity index (χ3n) is 4.34. The summed E-state index contributed by atoms with van der Waals surface area (Å²) in [5.74, 6) is 1.79. The zero-order chi connectivity index (χ0) is 14.3. The maximum atomic E-state index is 5.96. The van der Waals surface area contributed by atoms with Crippen LogP contribution in [0.25, 0.3) is 0 Å². The molecule has 1 saturated heterocycles. The van der Waals surface area contributed by atoms with Crippen LogP contribution in [-0.4, -0.2) is 37.1 Å². The molecule has 0 bridgehead atoms. The Kier molecular flexibility index (Phi) is 5.83. The first kappa shape index (κ1) is 15.2. The summed E-state index contributed by atoms with van der Waals surface area (Å²) >= 11 is 1.86. The third-order valence-corrected chi connectivity index (χ3v) is 5.45. The van der Waals surface area contributed by atoms with Crippen LogP contribution in [-0.2, 0) is 0 Å². The van der Waals surface area contributed by atoms with Gasteiger partial charge in [0.25, 0.3) is 0 Å². The van der Waals surface area contributed by atoms with Gasteiger partial charge in [-0.3, -0.25) is 0 Å². The van der Waals surface area contributed by atoms with E-state index in [1.165, 1.54) is 37.0 Å². The molecule has 0 unspecified atom stereocenters. The molecule has 0 aromatic heterocycles. The molecule has 0 atom stereocenters. The monoisotopic (exact) mass is 306 g/mol. The lowest BCUT2D eigenvalue weighted by Crippen LogP contribution is -2.39. The van der Waals surface area contributed by atoms with Crippen molar-refractivity contribution in [2.24, 2.45) is 5.92 Å². The first-order chi connectivity index (χ1) is 10.4. The third kappa shape index (κ3) is 4.90. The number of ether oxygens (including phenoxy) is 1. The molecule has 116 valence electrons. The van der Waals surface area contributed by atoms with Crippen LogP contribution in [0.3, 0.4) is 0 Å². The maximum Gasteiger partial charge on any atom is 0.119 e. The second-order valence-corrected chi connectivity index (χ2v) is 7.23. The molecule has 2 aliphatic rings. The number of nitrogens with one attached hydrogen (secondary N) is 1. The van der Waals surface area contributed by atoms with E-state index in [-0.39, 0.29) is 0 Å². The molecule has 0 radical (unpaired) electrons. The van der Waals surface area contributed by atoms with Gasteiger partial charge in [0.2, 0.25) is 0 Å². The summed E-state index contributed by atoms with van der Waals surface area (Å²) in [7, 11) is 0. The van der Waals surface area contributed by atoms with Crippen LogP contribution in [0, 0.1) is 5.92 Å². The Labute approximate surface area is 132 Å². The van der Waals surface area contributed by atoms with Crippen molar-refractivity contribution >= 4 is 11.9 Å². The molecule has 3 rings (SSSR count). The van der Waals surface area contributed by atoms with E-state index in [9.17, 15) is 0 Å². The van der Waals surface area contributed by atoms with Gasteiger partial charge in [-0.05, 0) is 55.0 Å². The quantitative estimate of drug-likeness (QED) is 0.841. The van der Waals surface area contributed by atoms with Crippen molar-refractivity contribution < 1.29 is 4.74 Å². The largest absolute Gasteiger partial charge is 0.493 e. The molecular formula is C17H26N2OS. The molecule has 1 heterocycles. The minimum atomic E-state index is 0.772. The van der Waals surface area contributed by atoms with Crippen molar-refractivity contribution in [1.29, 1.82) is 0 Å². The highest BCUT2D eigenvalue weighted by atomic mass is 32.2. The zero-order valence-electron chi connectivity index (χ0n) is 12.7. The zero-order valence-corrected chi connectivity index (χ0v) is 13.5. The molecule has 21 heavy (non-hydrogen) atoms. The highest BCUT2D eigenvalue weighted by molar-refractivity contribution is 7.97. The Hall–Kier alpha value is -0.710. The van der Waals surface area contributed by atoms with E-state index in [0.717, 1.165) is 44.5 Å². The van der Waals surface area contributed by atoms with Gasteiger partial charge in [-0.25, -0.2) is 4.31 Å². The average Bonchev–Trinajstić information content (AvgIpc) is 2.56. The number of hydrogen-bond acceptors (Lipinski definition) is 4. The molecular weight excluding hydrogens is 280 g/mol. The van der Waals surface area contributed by atoms with Crippen LogP contribution >= 0.6 is 11.9 Å². The smallest absolute Gasteiger partial charge is 0.119 e. The van der Waals surface area contributed by atoms with Gasteiger partial charge in [0.1, 0.15) is 5.75 Å². The van der Waals surface area contributed by atoms with E-state index in [1.807, 2.05) is 11.9 Å². The number of rotatable bonds is 5. The topological polar surface area (TPSA) is 24.5 Å². The fraction of sp³-hybridized carbons (Fsp3) is 0.647. The highest BCUT2D eigenvalue weighted by Crippen LogP contribution is 2.27. The standard InChI is InChI=1S/C17H26N2OS/c1-2-4-15(5-3-1)14-20-16-6-8-17(9-7-16)21-19-12-10-18-11-13-19/h6-9,15,18H,1-5,10-14H2. The predicted octanol–water partition coefficient (Wildman–Crippen LogP) is 3.56. The van der Waals surface area contributed by atoms with E-state index in [4.69, 9.17) is 4.74 Å². The molecule has 0 spiro atoms. The number of hydrogen-bond donors (Lipinski definition) is 1. The first-order valence-electron chi connectivity index (χ1n) is 8.27. The second kappa shape index (κ2) is 8.06. The summed E-state index contributed by atoms with van der Waals surface area (Å²) < 4.78 is 8.38. The summed E-state index contributed by atoms with van der Waals surface area (Å²) in [6.07, 6.45) is 6.87. The van der Waals surface area contributed by atoms with Gasteiger partial charge in [0.15, 0.2) is 0 Å². The van der Waals surface area contributed by atoms with Gasteiger partial charge < -0.3 is 10.1 Å². The number of piperazine rings is 1. The first-order valence-corrected chi connectivity index (χ1v) is 9.04. The molecule has 1 N–H and O–H groups in total. The van der Waals surface area contributed by atoms with Crippen LogP contribution < -0.4 is 10.1 Å². The normalized spacial score (nSPS) is 21.3. The molecule has 2 fully saturated rings. The van der Waals surface area contributed by atoms with Crippen LogP contribution in [0.1, 0.15) is 32.1 Å². The van der Waals surface area contributed by atoms with Crippen molar-refractivity contribution in [3.63, 3.8) is 0 Å². The molecule has 1 aromatic carbocycles. The highest BCUT2D eigenvalue weighted by Gasteiger charge is 2.14. The Balaban J connectivity index is 1.44. The lowest BCUT2D eigenvalue weighted by atomic mass is 9.90. The van der Waals surface area contributed by atoms with E-state index < -0.39 is 0 Å². The predicted molar refractivity (Wildman–Crippen MR) is 88.8 cm³/mol. The average molecular weight is 306 g/mol. The summed E-state index contributed by atoms with van der Waals surface area (Å²) in [5.41, 5.74) is 0. The number of nitrogens with zero attached hydrogens (tertiary/aromatic N) is 1. The molecule has 1 aliphatic carbocycles. The Morgan fingerprint density at radius 3 is 2.48 bits per heavy atom.